The summed E-state index contributed by atoms with van der Waals surface area (Å²) in [6.07, 6.45) is -4.20. The zero-order chi connectivity index (χ0) is 16.4. The summed E-state index contributed by atoms with van der Waals surface area (Å²) >= 11 is 0. The highest BCUT2D eigenvalue weighted by atomic mass is 19.4. The quantitative estimate of drug-likeness (QED) is 0.821. The minimum Gasteiger partial charge on any atom is -0.340 e. The van der Waals surface area contributed by atoms with E-state index in [1.807, 2.05) is 30.3 Å². The normalized spacial score (nSPS) is 18.5. The Hall–Kier alpha value is -1.82. The van der Waals surface area contributed by atoms with E-state index in [-0.39, 0.29) is 12.8 Å². The first-order chi connectivity index (χ1) is 10.2. The third kappa shape index (κ3) is 3.50. The van der Waals surface area contributed by atoms with Gasteiger partial charge in [-0.1, -0.05) is 42.5 Å². The smallest absolute Gasteiger partial charge is 0.340 e. The SMILES string of the molecule is C=C1CC(NC(=O)[C@H](N)CCc2ccccc2)(C(F)(F)F)C1. The molecule has 1 fully saturated rings. The Morgan fingerprint density at radius 2 is 1.91 bits per heavy atom. The summed E-state index contributed by atoms with van der Waals surface area (Å²) in [5.41, 5.74) is 5.01. The molecule has 0 bridgehead atoms. The van der Waals surface area contributed by atoms with Crippen molar-refractivity contribution >= 4 is 5.91 Å². The Morgan fingerprint density at radius 3 is 2.41 bits per heavy atom. The maximum atomic E-state index is 13.1. The summed E-state index contributed by atoms with van der Waals surface area (Å²) in [6.45, 7) is 3.51. The molecule has 1 aromatic carbocycles. The van der Waals surface area contributed by atoms with Crippen molar-refractivity contribution in [2.45, 2.75) is 43.4 Å². The number of alkyl halides is 3. The topological polar surface area (TPSA) is 55.1 Å². The van der Waals surface area contributed by atoms with Gasteiger partial charge in [0.15, 0.2) is 0 Å². The minimum absolute atomic E-state index is 0.270. The van der Waals surface area contributed by atoms with E-state index < -0.39 is 23.7 Å². The molecule has 1 amide bonds. The monoisotopic (exact) mass is 312 g/mol. The van der Waals surface area contributed by atoms with Crippen molar-refractivity contribution in [1.29, 1.82) is 0 Å². The first kappa shape index (κ1) is 16.5. The van der Waals surface area contributed by atoms with E-state index in [1.54, 1.807) is 0 Å². The molecule has 0 heterocycles. The third-order valence-corrected chi connectivity index (χ3v) is 3.93. The van der Waals surface area contributed by atoms with E-state index >= 15 is 0 Å². The molecule has 22 heavy (non-hydrogen) atoms. The number of rotatable bonds is 5. The molecule has 1 aliphatic rings. The van der Waals surface area contributed by atoms with Crippen LogP contribution in [0.4, 0.5) is 13.2 Å². The lowest BCUT2D eigenvalue weighted by Gasteiger charge is -2.45. The van der Waals surface area contributed by atoms with Crippen LogP contribution in [0.15, 0.2) is 42.5 Å². The second-order valence-electron chi connectivity index (χ2n) is 5.80. The predicted octanol–water partition coefficient (Wildman–Crippen LogP) is 2.71. The molecule has 1 saturated carbocycles. The van der Waals surface area contributed by atoms with Crippen molar-refractivity contribution in [2.24, 2.45) is 5.73 Å². The van der Waals surface area contributed by atoms with Crippen LogP contribution in [-0.2, 0) is 11.2 Å². The Kier molecular flexibility index (Phi) is 4.60. The lowest BCUT2D eigenvalue weighted by Crippen LogP contribution is -2.65. The molecule has 0 spiro atoms. The molecular formula is C16H19F3N2O. The predicted molar refractivity (Wildman–Crippen MR) is 78.0 cm³/mol. The van der Waals surface area contributed by atoms with Gasteiger partial charge in [0.05, 0.1) is 6.04 Å². The van der Waals surface area contributed by atoms with Crippen LogP contribution < -0.4 is 11.1 Å². The summed E-state index contributed by atoms with van der Waals surface area (Å²) in [6, 6.07) is 8.40. The Labute approximate surface area is 127 Å². The highest BCUT2D eigenvalue weighted by Crippen LogP contribution is 2.47. The molecule has 1 aromatic rings. The van der Waals surface area contributed by atoms with Gasteiger partial charge in [-0.05, 0) is 18.4 Å². The number of nitrogens with two attached hydrogens (primary N) is 1. The van der Waals surface area contributed by atoms with Crippen LogP contribution >= 0.6 is 0 Å². The highest BCUT2D eigenvalue weighted by molar-refractivity contribution is 5.82. The second-order valence-corrected chi connectivity index (χ2v) is 5.80. The van der Waals surface area contributed by atoms with E-state index in [1.165, 1.54) is 0 Å². The number of nitrogens with one attached hydrogen (secondary N) is 1. The van der Waals surface area contributed by atoms with Gasteiger partial charge in [0, 0.05) is 12.8 Å². The van der Waals surface area contributed by atoms with Gasteiger partial charge in [-0.25, -0.2) is 0 Å². The van der Waals surface area contributed by atoms with Crippen LogP contribution in [0.1, 0.15) is 24.8 Å². The molecular weight excluding hydrogens is 293 g/mol. The second kappa shape index (κ2) is 6.12. The van der Waals surface area contributed by atoms with Gasteiger partial charge in [0.1, 0.15) is 5.54 Å². The number of halogens is 3. The average Bonchev–Trinajstić information content (AvgIpc) is 2.42. The Morgan fingerprint density at radius 1 is 1.32 bits per heavy atom. The highest BCUT2D eigenvalue weighted by Gasteiger charge is 2.60. The van der Waals surface area contributed by atoms with Crippen LogP contribution in [0.2, 0.25) is 0 Å². The number of hydrogen-bond donors (Lipinski definition) is 2. The number of carbonyl (C=O) groups excluding carboxylic acids is 1. The summed E-state index contributed by atoms with van der Waals surface area (Å²) in [5, 5.41) is 2.09. The zero-order valence-corrected chi connectivity index (χ0v) is 12.1. The van der Waals surface area contributed by atoms with E-state index in [9.17, 15) is 18.0 Å². The molecule has 3 N–H and O–H groups in total. The molecule has 0 aliphatic heterocycles. The lowest BCUT2D eigenvalue weighted by molar-refractivity contribution is -0.209. The molecule has 120 valence electrons. The molecule has 2 rings (SSSR count). The van der Waals surface area contributed by atoms with E-state index in [2.05, 4.69) is 11.9 Å². The van der Waals surface area contributed by atoms with Crippen molar-refractivity contribution in [3.8, 4) is 0 Å². The van der Waals surface area contributed by atoms with Crippen molar-refractivity contribution < 1.29 is 18.0 Å². The lowest BCUT2D eigenvalue weighted by atomic mass is 9.72. The van der Waals surface area contributed by atoms with Gasteiger partial charge in [-0.15, -0.1) is 0 Å². The maximum Gasteiger partial charge on any atom is 0.412 e. The number of benzene rings is 1. The average molecular weight is 312 g/mol. The first-order valence-corrected chi connectivity index (χ1v) is 7.08. The fourth-order valence-electron chi connectivity index (χ4n) is 2.59. The Balaban J connectivity index is 1.92. The molecule has 6 heteroatoms. The number of amides is 1. The number of carbonyl (C=O) groups is 1. The molecule has 1 atom stereocenters. The fraction of sp³-hybridized carbons (Fsp3) is 0.438. The molecule has 0 saturated heterocycles. The maximum absolute atomic E-state index is 13.1. The summed E-state index contributed by atoms with van der Waals surface area (Å²) in [7, 11) is 0. The first-order valence-electron chi connectivity index (χ1n) is 7.08. The number of aryl methyl sites for hydroxylation is 1. The molecule has 0 unspecified atom stereocenters. The summed E-state index contributed by atoms with van der Waals surface area (Å²) in [5.74, 6) is -0.763. The molecule has 0 radical (unpaired) electrons. The zero-order valence-electron chi connectivity index (χ0n) is 12.1. The van der Waals surface area contributed by atoms with Gasteiger partial charge in [0.25, 0.3) is 0 Å². The van der Waals surface area contributed by atoms with Crippen LogP contribution in [0, 0.1) is 0 Å². The summed E-state index contributed by atoms with van der Waals surface area (Å²) in [4.78, 5) is 12.0. The van der Waals surface area contributed by atoms with Crippen molar-refractivity contribution in [2.75, 3.05) is 0 Å². The van der Waals surface area contributed by atoms with Gasteiger partial charge < -0.3 is 11.1 Å². The van der Waals surface area contributed by atoms with Gasteiger partial charge in [0.2, 0.25) is 5.91 Å². The largest absolute Gasteiger partial charge is 0.412 e. The van der Waals surface area contributed by atoms with Crippen molar-refractivity contribution in [3.63, 3.8) is 0 Å². The van der Waals surface area contributed by atoms with Gasteiger partial charge >= 0.3 is 6.18 Å². The van der Waals surface area contributed by atoms with Crippen molar-refractivity contribution in [1.82, 2.24) is 5.32 Å². The van der Waals surface area contributed by atoms with E-state index in [4.69, 9.17) is 5.73 Å². The van der Waals surface area contributed by atoms with Crippen LogP contribution in [0.3, 0.4) is 0 Å². The standard InChI is InChI=1S/C16H19F3N2O/c1-11-9-15(10-11,16(17,18)19)21-14(22)13(20)8-7-12-5-3-2-4-6-12/h2-6,13H,1,7-10,20H2,(H,21,22)/t13-/m1/s1. The van der Waals surface area contributed by atoms with Gasteiger partial charge in [-0.2, -0.15) is 13.2 Å². The number of hydrogen-bond acceptors (Lipinski definition) is 2. The van der Waals surface area contributed by atoms with Crippen LogP contribution in [-0.4, -0.2) is 23.7 Å². The Bertz CT molecular complexity index is 546. The third-order valence-electron chi connectivity index (χ3n) is 3.93. The van der Waals surface area contributed by atoms with Crippen molar-refractivity contribution in [3.05, 3.63) is 48.0 Å². The van der Waals surface area contributed by atoms with Crippen LogP contribution in [0.5, 0.6) is 0 Å². The van der Waals surface area contributed by atoms with E-state index in [0.29, 0.717) is 18.4 Å². The van der Waals surface area contributed by atoms with E-state index in [0.717, 1.165) is 5.56 Å². The minimum atomic E-state index is -4.50. The molecule has 1 aliphatic carbocycles. The van der Waals surface area contributed by atoms with Gasteiger partial charge in [-0.3, -0.25) is 4.79 Å². The fourth-order valence-corrected chi connectivity index (χ4v) is 2.59. The summed E-state index contributed by atoms with van der Waals surface area (Å²) < 4.78 is 39.3. The van der Waals surface area contributed by atoms with Crippen LogP contribution in [0.25, 0.3) is 0 Å². The molecule has 3 nitrogen and oxygen atoms in total. The molecule has 0 aromatic heterocycles.